The van der Waals surface area contributed by atoms with Gasteiger partial charge in [0.1, 0.15) is 0 Å². The van der Waals surface area contributed by atoms with Crippen molar-refractivity contribution < 1.29 is 14.3 Å². The Labute approximate surface area is 109 Å². The largest absolute Gasteiger partial charge is 0.348 e. The highest BCUT2D eigenvalue weighted by molar-refractivity contribution is 5.73. The van der Waals surface area contributed by atoms with Crippen molar-refractivity contribution in [1.82, 2.24) is 10.2 Å². The Morgan fingerprint density at radius 1 is 1.39 bits per heavy atom. The van der Waals surface area contributed by atoms with Gasteiger partial charge in [-0.2, -0.15) is 0 Å². The Kier molecular flexibility index (Phi) is 4.25. The molecule has 0 bridgehead atoms. The predicted molar refractivity (Wildman–Crippen MR) is 68.2 cm³/mol. The first-order valence-electron chi connectivity index (χ1n) is 6.77. The molecule has 104 valence electrons. The molecule has 2 aliphatic rings. The molecular weight excluding hydrogens is 232 g/mol. The summed E-state index contributed by atoms with van der Waals surface area (Å²) < 4.78 is 11.3. The molecule has 5 heteroatoms. The van der Waals surface area contributed by atoms with Crippen molar-refractivity contribution in [3.8, 4) is 0 Å². The Morgan fingerprint density at radius 2 is 2.06 bits per heavy atom. The van der Waals surface area contributed by atoms with Crippen LogP contribution in [0.15, 0.2) is 0 Å². The van der Waals surface area contributed by atoms with Crippen LogP contribution in [-0.4, -0.2) is 55.0 Å². The number of carbonyl (C=O) groups is 1. The molecule has 2 fully saturated rings. The number of hydrogen-bond acceptors (Lipinski definition) is 4. The summed E-state index contributed by atoms with van der Waals surface area (Å²) in [7, 11) is 0. The molecule has 0 aromatic heterocycles. The Balaban J connectivity index is 1.65. The van der Waals surface area contributed by atoms with Crippen LogP contribution in [0.25, 0.3) is 0 Å². The smallest absolute Gasteiger partial charge is 0.219 e. The monoisotopic (exact) mass is 256 g/mol. The van der Waals surface area contributed by atoms with Crippen LogP contribution in [0.3, 0.4) is 0 Å². The van der Waals surface area contributed by atoms with Gasteiger partial charge in [-0.05, 0) is 26.7 Å². The average molecular weight is 256 g/mol. The van der Waals surface area contributed by atoms with E-state index in [-0.39, 0.29) is 12.0 Å². The van der Waals surface area contributed by atoms with Gasteiger partial charge in [0.25, 0.3) is 0 Å². The van der Waals surface area contributed by atoms with E-state index in [1.54, 1.807) is 6.92 Å². The first-order chi connectivity index (χ1) is 8.46. The van der Waals surface area contributed by atoms with Gasteiger partial charge in [-0.25, -0.2) is 0 Å². The summed E-state index contributed by atoms with van der Waals surface area (Å²) in [4.78, 5) is 13.1. The molecule has 1 atom stereocenters. The number of amides is 1. The summed E-state index contributed by atoms with van der Waals surface area (Å²) in [6.07, 6.45) is 2.19. The van der Waals surface area contributed by atoms with Gasteiger partial charge in [-0.15, -0.1) is 0 Å². The molecule has 1 amide bonds. The number of likely N-dealkylation sites (tertiary alicyclic amines) is 1. The first kappa shape index (κ1) is 13.8. The van der Waals surface area contributed by atoms with Gasteiger partial charge in [-0.1, -0.05) is 0 Å². The molecule has 0 spiro atoms. The summed E-state index contributed by atoms with van der Waals surface area (Å²) >= 11 is 0. The average Bonchev–Trinajstić information content (AvgIpc) is 2.67. The lowest BCUT2D eigenvalue weighted by atomic mass is 10.0. The zero-order valence-electron chi connectivity index (χ0n) is 11.6. The maximum absolute atomic E-state index is 11.2. The summed E-state index contributed by atoms with van der Waals surface area (Å²) in [6, 6.07) is 0.493. The molecule has 2 saturated heterocycles. The summed E-state index contributed by atoms with van der Waals surface area (Å²) in [6.45, 7) is 8.73. The van der Waals surface area contributed by atoms with Crippen LogP contribution in [0.2, 0.25) is 0 Å². The maximum atomic E-state index is 11.2. The van der Waals surface area contributed by atoms with Crippen LogP contribution in [0.5, 0.6) is 0 Å². The molecule has 0 aromatic carbocycles. The number of rotatable bonds is 3. The van der Waals surface area contributed by atoms with E-state index in [1.807, 2.05) is 18.7 Å². The third-order valence-corrected chi connectivity index (χ3v) is 3.64. The van der Waals surface area contributed by atoms with E-state index in [2.05, 4.69) is 5.32 Å². The Hall–Kier alpha value is -0.650. The summed E-state index contributed by atoms with van der Waals surface area (Å²) in [5.41, 5.74) is 0. The first-order valence-corrected chi connectivity index (χ1v) is 6.77. The van der Waals surface area contributed by atoms with Gasteiger partial charge in [0.15, 0.2) is 5.79 Å². The third-order valence-electron chi connectivity index (χ3n) is 3.64. The van der Waals surface area contributed by atoms with Crippen LogP contribution < -0.4 is 5.32 Å². The summed E-state index contributed by atoms with van der Waals surface area (Å²) in [5.74, 6) is -0.257. The van der Waals surface area contributed by atoms with Crippen molar-refractivity contribution in [3.05, 3.63) is 0 Å². The molecule has 2 heterocycles. The number of hydrogen-bond donors (Lipinski definition) is 1. The van der Waals surface area contributed by atoms with Crippen molar-refractivity contribution in [3.63, 3.8) is 0 Å². The molecular formula is C13H24N2O3. The van der Waals surface area contributed by atoms with E-state index >= 15 is 0 Å². The van der Waals surface area contributed by atoms with Gasteiger partial charge in [0.2, 0.25) is 5.91 Å². The zero-order valence-corrected chi connectivity index (χ0v) is 11.6. The van der Waals surface area contributed by atoms with Crippen LogP contribution in [0.4, 0.5) is 0 Å². The second kappa shape index (κ2) is 5.55. The van der Waals surface area contributed by atoms with Crippen molar-refractivity contribution >= 4 is 5.91 Å². The highest BCUT2D eigenvalue weighted by Crippen LogP contribution is 2.22. The molecule has 2 rings (SSSR count). The van der Waals surface area contributed by atoms with Crippen LogP contribution in [0, 0.1) is 0 Å². The van der Waals surface area contributed by atoms with Crippen molar-refractivity contribution in [2.45, 2.75) is 51.5 Å². The van der Waals surface area contributed by atoms with E-state index in [0.717, 1.165) is 32.5 Å². The number of nitrogens with one attached hydrogen (secondary N) is 1. The van der Waals surface area contributed by atoms with Gasteiger partial charge < -0.3 is 19.7 Å². The van der Waals surface area contributed by atoms with Crippen molar-refractivity contribution in [1.29, 1.82) is 0 Å². The predicted octanol–water partition coefficient (Wildman–Crippen LogP) is 0.738. The van der Waals surface area contributed by atoms with Gasteiger partial charge in [0, 0.05) is 32.6 Å². The zero-order chi connectivity index (χ0) is 13.2. The van der Waals surface area contributed by atoms with E-state index < -0.39 is 5.79 Å². The van der Waals surface area contributed by atoms with Crippen molar-refractivity contribution in [2.75, 3.05) is 26.2 Å². The number of piperidine rings is 1. The summed E-state index contributed by atoms with van der Waals surface area (Å²) in [5, 5.41) is 3.52. The second-order valence-corrected chi connectivity index (χ2v) is 5.64. The van der Waals surface area contributed by atoms with E-state index in [0.29, 0.717) is 12.6 Å². The molecule has 0 aromatic rings. The standard InChI is InChI=1S/C13H24N2O3/c1-10(16)15-6-4-11(5-7-15)14-8-12-9-17-13(2,3)18-12/h11-12,14H,4-9H2,1-3H3. The minimum Gasteiger partial charge on any atom is -0.348 e. The van der Waals surface area contributed by atoms with Gasteiger partial charge in [-0.3, -0.25) is 4.79 Å². The van der Waals surface area contributed by atoms with Crippen LogP contribution in [0.1, 0.15) is 33.6 Å². The minimum atomic E-state index is -0.440. The van der Waals surface area contributed by atoms with E-state index in [4.69, 9.17) is 9.47 Å². The molecule has 1 N–H and O–H groups in total. The maximum Gasteiger partial charge on any atom is 0.219 e. The Morgan fingerprint density at radius 3 is 2.56 bits per heavy atom. The van der Waals surface area contributed by atoms with E-state index in [9.17, 15) is 4.79 Å². The normalized spacial score (nSPS) is 28.6. The lowest BCUT2D eigenvalue weighted by molar-refractivity contribution is -0.138. The second-order valence-electron chi connectivity index (χ2n) is 5.64. The number of ether oxygens (including phenoxy) is 2. The van der Waals surface area contributed by atoms with E-state index in [1.165, 1.54) is 0 Å². The minimum absolute atomic E-state index is 0.144. The quantitative estimate of drug-likeness (QED) is 0.809. The van der Waals surface area contributed by atoms with Gasteiger partial charge >= 0.3 is 0 Å². The third kappa shape index (κ3) is 3.67. The fourth-order valence-electron chi connectivity index (χ4n) is 2.56. The van der Waals surface area contributed by atoms with Crippen LogP contribution >= 0.6 is 0 Å². The number of nitrogens with zero attached hydrogens (tertiary/aromatic N) is 1. The molecule has 0 saturated carbocycles. The SMILES string of the molecule is CC(=O)N1CCC(NCC2COC(C)(C)O2)CC1. The van der Waals surface area contributed by atoms with Gasteiger partial charge in [0.05, 0.1) is 12.7 Å². The molecule has 1 unspecified atom stereocenters. The fraction of sp³-hybridized carbons (Fsp3) is 0.923. The fourth-order valence-corrected chi connectivity index (χ4v) is 2.56. The molecule has 18 heavy (non-hydrogen) atoms. The molecule has 0 radical (unpaired) electrons. The lowest BCUT2D eigenvalue weighted by Crippen LogP contribution is -2.46. The number of carbonyl (C=O) groups excluding carboxylic acids is 1. The lowest BCUT2D eigenvalue weighted by Gasteiger charge is -2.32. The molecule has 2 aliphatic heterocycles. The topological polar surface area (TPSA) is 50.8 Å². The highest BCUT2D eigenvalue weighted by Gasteiger charge is 2.32. The Bertz CT molecular complexity index is 299. The van der Waals surface area contributed by atoms with Crippen LogP contribution in [-0.2, 0) is 14.3 Å². The molecule has 0 aliphatic carbocycles. The van der Waals surface area contributed by atoms with Crippen molar-refractivity contribution in [2.24, 2.45) is 0 Å². The highest BCUT2D eigenvalue weighted by atomic mass is 16.7. The molecule has 5 nitrogen and oxygen atoms in total.